The normalized spacial score (nSPS) is 11.6. The summed E-state index contributed by atoms with van der Waals surface area (Å²) in [7, 11) is 3.22. The fraction of sp³-hybridized carbons (Fsp3) is 0.429. The number of thiophene rings is 1. The number of fused-ring (bicyclic) bond motifs is 3. The first kappa shape index (κ1) is 15.0. The highest BCUT2D eigenvalue weighted by Gasteiger charge is 2.17. The summed E-state index contributed by atoms with van der Waals surface area (Å²) >= 11 is 1.35. The number of nitrogens with zero attached hydrogens (tertiary/aromatic N) is 4. The lowest BCUT2D eigenvalue weighted by Crippen LogP contribution is -2.25. The predicted octanol–water partition coefficient (Wildman–Crippen LogP) is 1.50. The average Bonchev–Trinajstić information content (AvgIpc) is 2.86. The van der Waals surface area contributed by atoms with Gasteiger partial charge in [0.15, 0.2) is 0 Å². The molecule has 3 rings (SSSR count). The second-order valence-electron chi connectivity index (χ2n) is 4.93. The Morgan fingerprint density at radius 3 is 2.86 bits per heavy atom. The third-order valence-corrected chi connectivity index (χ3v) is 4.40. The topological polar surface area (TPSA) is 79.1 Å². The number of hydrogen-bond donors (Lipinski definition) is 0. The van der Waals surface area contributed by atoms with Crippen LogP contribution in [0.1, 0.15) is 11.3 Å². The van der Waals surface area contributed by atoms with Crippen molar-refractivity contribution in [3.63, 3.8) is 0 Å². The zero-order chi connectivity index (χ0) is 15.7. The van der Waals surface area contributed by atoms with Crippen LogP contribution in [0.3, 0.4) is 0 Å². The van der Waals surface area contributed by atoms with Crippen molar-refractivity contribution in [2.45, 2.75) is 20.1 Å². The lowest BCUT2D eigenvalue weighted by Gasteiger charge is -2.04. The van der Waals surface area contributed by atoms with Crippen LogP contribution in [0.5, 0.6) is 0 Å². The second-order valence-corrected chi connectivity index (χ2v) is 5.93. The van der Waals surface area contributed by atoms with Crippen LogP contribution in [-0.4, -0.2) is 40.8 Å². The number of hydrogen-bond acceptors (Lipinski definition) is 7. The molecule has 7 nitrogen and oxygen atoms in total. The zero-order valence-electron chi connectivity index (χ0n) is 12.6. The molecule has 0 N–H and O–H groups in total. The standard InChI is InChI=1S/C14H16N4O3S/c1-8-6-9(7-21-3)10-11-12(22-13(10)15-8)14(19)18(17-16-11)4-5-20-2/h6H,4-5,7H2,1-3H3. The van der Waals surface area contributed by atoms with Gasteiger partial charge in [0, 0.05) is 25.3 Å². The van der Waals surface area contributed by atoms with E-state index < -0.39 is 0 Å². The number of rotatable bonds is 5. The monoisotopic (exact) mass is 320 g/mol. The summed E-state index contributed by atoms with van der Waals surface area (Å²) < 4.78 is 12.1. The lowest BCUT2D eigenvalue weighted by atomic mass is 10.1. The van der Waals surface area contributed by atoms with Crippen molar-refractivity contribution in [2.75, 3.05) is 20.8 Å². The smallest absolute Gasteiger partial charge is 0.287 e. The van der Waals surface area contributed by atoms with Crippen LogP contribution in [-0.2, 0) is 22.6 Å². The molecule has 3 heterocycles. The molecule has 0 amide bonds. The minimum absolute atomic E-state index is 0.161. The number of pyridine rings is 1. The quantitative estimate of drug-likeness (QED) is 0.709. The fourth-order valence-electron chi connectivity index (χ4n) is 2.39. The van der Waals surface area contributed by atoms with Crippen LogP contribution in [0.25, 0.3) is 20.4 Å². The summed E-state index contributed by atoms with van der Waals surface area (Å²) in [6.07, 6.45) is 0. The van der Waals surface area contributed by atoms with E-state index in [0.29, 0.717) is 30.0 Å². The third kappa shape index (κ3) is 2.49. The maximum absolute atomic E-state index is 12.5. The Hall–Kier alpha value is -1.90. The minimum atomic E-state index is -0.161. The SMILES string of the molecule is COCCn1nnc2c(sc3nc(C)cc(COC)c32)c1=O. The first-order valence-electron chi connectivity index (χ1n) is 6.80. The summed E-state index contributed by atoms with van der Waals surface area (Å²) in [5.41, 5.74) is 2.29. The molecule has 0 aliphatic carbocycles. The van der Waals surface area contributed by atoms with Gasteiger partial charge in [-0.05, 0) is 18.6 Å². The Labute approximate surface area is 130 Å². The van der Waals surface area contributed by atoms with E-state index in [0.717, 1.165) is 21.5 Å². The minimum Gasteiger partial charge on any atom is -0.383 e. The van der Waals surface area contributed by atoms with Crippen LogP contribution in [0.4, 0.5) is 0 Å². The molecule has 0 aromatic carbocycles. The predicted molar refractivity (Wildman–Crippen MR) is 84.3 cm³/mol. The molecule has 0 bridgehead atoms. The lowest BCUT2D eigenvalue weighted by molar-refractivity contribution is 0.181. The second kappa shape index (κ2) is 6.07. The van der Waals surface area contributed by atoms with Crippen LogP contribution in [0, 0.1) is 6.92 Å². The third-order valence-electron chi connectivity index (χ3n) is 3.34. The maximum atomic E-state index is 12.5. The summed E-state index contributed by atoms with van der Waals surface area (Å²) in [5, 5.41) is 9.09. The van der Waals surface area contributed by atoms with Crippen molar-refractivity contribution >= 4 is 31.8 Å². The zero-order valence-corrected chi connectivity index (χ0v) is 13.4. The van der Waals surface area contributed by atoms with Gasteiger partial charge in [0.05, 0.1) is 19.8 Å². The molecule has 8 heteroatoms. The number of ether oxygens (including phenoxy) is 2. The number of methoxy groups -OCH3 is 2. The molecule has 3 aromatic rings. The molecule has 116 valence electrons. The van der Waals surface area contributed by atoms with Gasteiger partial charge in [-0.15, -0.1) is 16.4 Å². The van der Waals surface area contributed by atoms with Crippen molar-refractivity contribution in [1.29, 1.82) is 0 Å². The van der Waals surface area contributed by atoms with E-state index >= 15 is 0 Å². The van der Waals surface area contributed by atoms with E-state index in [-0.39, 0.29) is 5.56 Å². The van der Waals surface area contributed by atoms with Gasteiger partial charge < -0.3 is 9.47 Å². The van der Waals surface area contributed by atoms with Crippen LogP contribution in [0.2, 0.25) is 0 Å². The van der Waals surface area contributed by atoms with Gasteiger partial charge in [0.25, 0.3) is 5.56 Å². The van der Waals surface area contributed by atoms with Crippen molar-refractivity contribution < 1.29 is 9.47 Å². The van der Waals surface area contributed by atoms with E-state index in [2.05, 4.69) is 15.3 Å². The fourth-order valence-corrected chi connectivity index (χ4v) is 3.53. The van der Waals surface area contributed by atoms with Gasteiger partial charge in [0.2, 0.25) is 0 Å². The van der Waals surface area contributed by atoms with E-state index in [9.17, 15) is 4.79 Å². The summed E-state index contributed by atoms with van der Waals surface area (Å²) in [6.45, 7) is 3.16. The molecule has 0 spiro atoms. The molecule has 0 atom stereocenters. The molecule has 0 fully saturated rings. The Morgan fingerprint density at radius 1 is 1.32 bits per heavy atom. The van der Waals surface area contributed by atoms with Crippen LogP contribution >= 0.6 is 11.3 Å². The van der Waals surface area contributed by atoms with Crippen LogP contribution in [0.15, 0.2) is 10.9 Å². The first-order valence-corrected chi connectivity index (χ1v) is 7.61. The molecule has 0 aliphatic rings. The van der Waals surface area contributed by atoms with E-state index in [1.165, 1.54) is 16.0 Å². The highest BCUT2D eigenvalue weighted by molar-refractivity contribution is 7.25. The molecular weight excluding hydrogens is 304 g/mol. The molecule has 22 heavy (non-hydrogen) atoms. The van der Waals surface area contributed by atoms with Gasteiger partial charge in [0.1, 0.15) is 15.0 Å². The number of aromatic nitrogens is 4. The first-order chi connectivity index (χ1) is 10.7. The van der Waals surface area contributed by atoms with Crippen molar-refractivity contribution in [3.05, 3.63) is 27.7 Å². The molecule has 0 radical (unpaired) electrons. The van der Waals surface area contributed by atoms with Gasteiger partial charge in [-0.2, -0.15) is 0 Å². The summed E-state index contributed by atoms with van der Waals surface area (Å²) in [4.78, 5) is 17.8. The van der Waals surface area contributed by atoms with Crippen molar-refractivity contribution in [2.24, 2.45) is 0 Å². The molecule has 0 saturated carbocycles. The number of aryl methyl sites for hydroxylation is 1. The van der Waals surface area contributed by atoms with Crippen molar-refractivity contribution in [1.82, 2.24) is 20.0 Å². The highest BCUT2D eigenvalue weighted by Crippen LogP contribution is 2.32. The molecule has 0 saturated heterocycles. The largest absolute Gasteiger partial charge is 0.383 e. The van der Waals surface area contributed by atoms with Crippen molar-refractivity contribution in [3.8, 4) is 0 Å². The summed E-state index contributed by atoms with van der Waals surface area (Å²) in [6, 6.07) is 1.95. The van der Waals surface area contributed by atoms with E-state index in [1.807, 2.05) is 13.0 Å². The Bertz CT molecular complexity index is 887. The summed E-state index contributed by atoms with van der Waals surface area (Å²) in [5.74, 6) is 0. The van der Waals surface area contributed by atoms with Gasteiger partial charge in [-0.1, -0.05) is 5.21 Å². The Balaban J connectivity index is 2.28. The van der Waals surface area contributed by atoms with Gasteiger partial charge in [-0.25, -0.2) is 9.67 Å². The molecular formula is C14H16N4O3S. The van der Waals surface area contributed by atoms with E-state index in [4.69, 9.17) is 9.47 Å². The Kier molecular flexibility index (Phi) is 4.14. The van der Waals surface area contributed by atoms with E-state index in [1.54, 1.807) is 14.2 Å². The molecule has 0 aliphatic heterocycles. The molecule has 0 unspecified atom stereocenters. The maximum Gasteiger partial charge on any atom is 0.287 e. The average molecular weight is 320 g/mol. The Morgan fingerprint density at radius 2 is 2.14 bits per heavy atom. The van der Waals surface area contributed by atoms with Gasteiger partial charge >= 0.3 is 0 Å². The van der Waals surface area contributed by atoms with Crippen LogP contribution < -0.4 is 5.56 Å². The van der Waals surface area contributed by atoms with Gasteiger partial charge in [-0.3, -0.25) is 4.79 Å². The highest BCUT2D eigenvalue weighted by atomic mass is 32.1. The molecule has 3 aromatic heterocycles.